The first-order valence-corrected chi connectivity index (χ1v) is 18.6. The Bertz CT molecular complexity index is 1850. The Balaban J connectivity index is 1.60. The van der Waals surface area contributed by atoms with Crippen LogP contribution in [0.2, 0.25) is 10.0 Å². The number of methoxy groups -OCH3 is 1. The predicted molar refractivity (Wildman–Crippen MR) is 195 cm³/mol. The molecular formula is C38H41Cl2N3O5S. The molecule has 1 N–H and O–H groups in total. The Morgan fingerprint density at radius 3 is 2.24 bits per heavy atom. The number of carbonyl (C=O) groups is 2. The van der Waals surface area contributed by atoms with Crippen molar-refractivity contribution in [1.82, 2.24) is 10.2 Å². The first-order chi connectivity index (χ1) is 23.6. The third kappa shape index (κ3) is 9.15. The quantitative estimate of drug-likeness (QED) is 0.154. The van der Waals surface area contributed by atoms with Crippen molar-refractivity contribution >= 4 is 50.7 Å². The van der Waals surface area contributed by atoms with Gasteiger partial charge in [0.05, 0.1) is 17.7 Å². The summed E-state index contributed by atoms with van der Waals surface area (Å²) in [4.78, 5) is 30.5. The number of rotatable bonds is 13. The number of sulfonamides is 1. The maximum Gasteiger partial charge on any atom is 0.264 e. The molecule has 0 aromatic heterocycles. The highest BCUT2D eigenvalue weighted by Gasteiger charge is 2.36. The van der Waals surface area contributed by atoms with Gasteiger partial charge in [0, 0.05) is 29.1 Å². The van der Waals surface area contributed by atoms with Crippen molar-refractivity contribution < 1.29 is 22.7 Å². The van der Waals surface area contributed by atoms with E-state index in [1.807, 2.05) is 37.3 Å². The van der Waals surface area contributed by atoms with Crippen molar-refractivity contribution in [2.24, 2.45) is 0 Å². The molecule has 4 aromatic rings. The van der Waals surface area contributed by atoms with Crippen LogP contribution in [0.15, 0.2) is 102 Å². The number of carbonyl (C=O) groups excluding carboxylic acids is 2. The van der Waals surface area contributed by atoms with Gasteiger partial charge in [-0.2, -0.15) is 0 Å². The fourth-order valence-electron chi connectivity index (χ4n) is 6.12. The number of amides is 2. The van der Waals surface area contributed by atoms with Crippen LogP contribution in [0.25, 0.3) is 0 Å². The zero-order valence-electron chi connectivity index (χ0n) is 27.6. The summed E-state index contributed by atoms with van der Waals surface area (Å²) in [5, 5.41) is 3.96. The molecule has 4 aromatic carbocycles. The Morgan fingerprint density at radius 1 is 0.898 bits per heavy atom. The lowest BCUT2D eigenvalue weighted by molar-refractivity contribution is -0.140. The fraction of sp³-hybridized carbons (Fsp3) is 0.316. The van der Waals surface area contributed by atoms with Crippen LogP contribution in [0.3, 0.4) is 0 Å². The SMILES string of the molecule is COc1ccccc1N(CC(=O)N(Cc1ccc(Cl)cc1Cl)[C@H](Cc1ccccc1)C(=O)NC1CCCCC1)S(=O)(=O)c1ccc(C)cc1. The van der Waals surface area contributed by atoms with E-state index in [0.717, 1.165) is 47.5 Å². The van der Waals surface area contributed by atoms with Gasteiger partial charge in [-0.3, -0.25) is 13.9 Å². The smallest absolute Gasteiger partial charge is 0.264 e. The summed E-state index contributed by atoms with van der Waals surface area (Å²) in [7, 11) is -2.84. The minimum atomic E-state index is -4.28. The van der Waals surface area contributed by atoms with Crippen LogP contribution in [0, 0.1) is 6.92 Å². The van der Waals surface area contributed by atoms with Crippen LogP contribution < -0.4 is 14.4 Å². The molecule has 0 spiro atoms. The van der Waals surface area contributed by atoms with Crippen molar-refractivity contribution in [2.45, 2.75) is 69.0 Å². The van der Waals surface area contributed by atoms with Gasteiger partial charge in [-0.1, -0.05) is 109 Å². The molecule has 0 heterocycles. The standard InChI is InChI=1S/C38H41Cl2N3O5S/c1-27-17-21-32(22-18-27)49(46,47)43(34-15-9-10-16-36(34)48-2)26-37(44)42(25-29-19-20-30(39)24-33(29)40)35(23-28-11-5-3-6-12-28)38(45)41-31-13-7-4-8-14-31/h3,5-6,9-12,15-22,24,31,35H,4,7-8,13-14,23,25-26H2,1-2H3,(H,41,45)/t35-/m1/s1. The average molecular weight is 723 g/mol. The maximum absolute atomic E-state index is 14.8. The third-order valence-electron chi connectivity index (χ3n) is 8.82. The molecule has 8 nitrogen and oxygen atoms in total. The van der Waals surface area contributed by atoms with Gasteiger partial charge in [0.1, 0.15) is 18.3 Å². The van der Waals surface area contributed by atoms with E-state index in [1.165, 1.54) is 24.1 Å². The van der Waals surface area contributed by atoms with Gasteiger partial charge in [0.25, 0.3) is 10.0 Å². The molecule has 0 radical (unpaired) electrons. The van der Waals surface area contributed by atoms with Gasteiger partial charge < -0.3 is 15.0 Å². The Labute approximate surface area is 299 Å². The van der Waals surface area contributed by atoms with Crippen LogP contribution in [0.4, 0.5) is 5.69 Å². The minimum Gasteiger partial charge on any atom is -0.495 e. The fourth-order valence-corrected chi connectivity index (χ4v) is 8.01. The number of aryl methyl sites for hydroxylation is 1. The molecule has 0 aliphatic heterocycles. The van der Waals surface area contributed by atoms with Crippen LogP contribution in [-0.4, -0.2) is 50.9 Å². The lowest BCUT2D eigenvalue weighted by Crippen LogP contribution is -2.55. The van der Waals surface area contributed by atoms with E-state index in [2.05, 4.69) is 5.32 Å². The Morgan fingerprint density at radius 2 is 1.57 bits per heavy atom. The van der Waals surface area contributed by atoms with Crippen LogP contribution in [0.1, 0.15) is 48.8 Å². The number of anilines is 1. The molecule has 0 unspecified atom stereocenters. The van der Waals surface area contributed by atoms with E-state index in [1.54, 1.807) is 54.6 Å². The largest absolute Gasteiger partial charge is 0.495 e. The van der Waals surface area contributed by atoms with E-state index < -0.39 is 28.5 Å². The van der Waals surface area contributed by atoms with Gasteiger partial charge in [-0.05, 0) is 67.3 Å². The molecule has 49 heavy (non-hydrogen) atoms. The second-order valence-electron chi connectivity index (χ2n) is 12.3. The summed E-state index contributed by atoms with van der Waals surface area (Å²) in [5.74, 6) is -0.624. The normalized spacial score (nSPS) is 14.1. The zero-order chi connectivity index (χ0) is 35.0. The lowest BCUT2D eigenvalue weighted by atomic mass is 9.94. The molecule has 11 heteroatoms. The van der Waals surface area contributed by atoms with E-state index in [4.69, 9.17) is 27.9 Å². The molecule has 0 bridgehead atoms. The van der Waals surface area contributed by atoms with Gasteiger partial charge in [-0.25, -0.2) is 8.42 Å². The first kappa shape index (κ1) is 36.2. The summed E-state index contributed by atoms with van der Waals surface area (Å²) >= 11 is 12.9. The summed E-state index contributed by atoms with van der Waals surface area (Å²) in [5.41, 5.74) is 2.49. The number of hydrogen-bond donors (Lipinski definition) is 1. The first-order valence-electron chi connectivity index (χ1n) is 16.4. The molecule has 2 amide bonds. The zero-order valence-corrected chi connectivity index (χ0v) is 30.0. The van der Waals surface area contributed by atoms with Gasteiger partial charge >= 0.3 is 0 Å². The van der Waals surface area contributed by atoms with Crippen molar-refractivity contribution in [3.8, 4) is 5.75 Å². The molecule has 0 saturated heterocycles. The molecular weight excluding hydrogens is 681 g/mol. The molecule has 1 saturated carbocycles. The van der Waals surface area contributed by atoms with E-state index in [9.17, 15) is 18.0 Å². The molecule has 1 atom stereocenters. The van der Waals surface area contributed by atoms with Gasteiger partial charge in [0.2, 0.25) is 11.8 Å². The predicted octanol–water partition coefficient (Wildman–Crippen LogP) is 7.59. The van der Waals surface area contributed by atoms with Crippen LogP contribution in [0.5, 0.6) is 5.75 Å². The number of nitrogens with zero attached hydrogens (tertiary/aromatic N) is 2. The van der Waals surface area contributed by atoms with Crippen molar-refractivity contribution in [1.29, 1.82) is 0 Å². The van der Waals surface area contributed by atoms with Crippen LogP contribution >= 0.6 is 23.2 Å². The molecule has 1 fully saturated rings. The number of halogens is 2. The summed E-state index contributed by atoms with van der Waals surface area (Å²) in [6.45, 7) is 1.20. The number of para-hydroxylation sites is 2. The number of nitrogens with one attached hydrogen (secondary N) is 1. The van der Waals surface area contributed by atoms with Gasteiger partial charge in [-0.15, -0.1) is 0 Å². The van der Waals surface area contributed by atoms with Gasteiger partial charge in [0.15, 0.2) is 0 Å². The second-order valence-corrected chi connectivity index (χ2v) is 15.0. The highest BCUT2D eigenvalue weighted by atomic mass is 35.5. The van der Waals surface area contributed by atoms with Crippen LogP contribution in [-0.2, 0) is 32.6 Å². The average Bonchev–Trinajstić information content (AvgIpc) is 3.10. The highest BCUT2D eigenvalue weighted by Crippen LogP contribution is 2.33. The Hall–Kier alpha value is -4.05. The minimum absolute atomic E-state index is 0.0115. The molecule has 1 aliphatic carbocycles. The van der Waals surface area contributed by atoms with E-state index in [0.29, 0.717) is 15.6 Å². The maximum atomic E-state index is 14.8. The lowest BCUT2D eigenvalue weighted by Gasteiger charge is -2.35. The summed E-state index contributed by atoms with van der Waals surface area (Å²) in [6.07, 6.45) is 5.07. The monoisotopic (exact) mass is 721 g/mol. The van der Waals surface area contributed by atoms with E-state index >= 15 is 0 Å². The third-order valence-corrected chi connectivity index (χ3v) is 11.2. The Kier molecular flexibility index (Phi) is 12.3. The van der Waals surface area contributed by atoms with E-state index in [-0.39, 0.29) is 41.2 Å². The topological polar surface area (TPSA) is 96.0 Å². The number of ether oxygens (including phenoxy) is 1. The number of benzene rings is 4. The summed E-state index contributed by atoms with van der Waals surface area (Å²) in [6, 6.07) is 26.5. The highest BCUT2D eigenvalue weighted by molar-refractivity contribution is 7.92. The summed E-state index contributed by atoms with van der Waals surface area (Å²) < 4.78 is 35.3. The number of hydrogen-bond acceptors (Lipinski definition) is 5. The van der Waals surface area contributed by atoms with Crippen molar-refractivity contribution in [2.75, 3.05) is 18.0 Å². The van der Waals surface area contributed by atoms with Crippen molar-refractivity contribution in [3.63, 3.8) is 0 Å². The molecule has 1 aliphatic rings. The molecule has 5 rings (SSSR count). The second kappa shape index (κ2) is 16.6. The van der Waals surface area contributed by atoms with Crippen molar-refractivity contribution in [3.05, 3.63) is 124 Å². The molecule has 258 valence electrons.